The van der Waals surface area contributed by atoms with Crippen LogP contribution in [0.3, 0.4) is 0 Å². The first kappa shape index (κ1) is 13.8. The lowest BCUT2D eigenvalue weighted by atomic mass is 9.96. The first-order valence-corrected chi connectivity index (χ1v) is 7.52. The van der Waals surface area contributed by atoms with Gasteiger partial charge < -0.3 is 4.74 Å². The van der Waals surface area contributed by atoms with Gasteiger partial charge in [0.25, 0.3) is 0 Å². The molecule has 1 unspecified atom stereocenters. The molecule has 0 aromatic carbocycles. The normalized spacial score (nSPS) is 24.4. The van der Waals surface area contributed by atoms with Crippen LogP contribution >= 0.6 is 0 Å². The third-order valence-electron chi connectivity index (χ3n) is 4.07. The average molecular weight is 250 g/mol. The fourth-order valence-corrected chi connectivity index (χ4v) is 2.75. The van der Waals surface area contributed by atoms with Gasteiger partial charge in [-0.15, -0.1) is 0 Å². The molecular weight excluding hydrogens is 224 g/mol. The van der Waals surface area contributed by atoms with Gasteiger partial charge in [0.2, 0.25) is 0 Å². The third kappa shape index (κ3) is 4.59. The Balaban J connectivity index is 1.59. The molecule has 0 radical (unpaired) electrons. The number of nitriles is 1. The highest BCUT2D eigenvalue weighted by Gasteiger charge is 2.32. The zero-order chi connectivity index (χ0) is 12.8. The van der Waals surface area contributed by atoms with Crippen LogP contribution in [0.4, 0.5) is 0 Å². The van der Waals surface area contributed by atoms with Crippen LogP contribution in [-0.4, -0.2) is 24.3 Å². The van der Waals surface area contributed by atoms with E-state index in [0.29, 0.717) is 12.1 Å². The summed E-state index contributed by atoms with van der Waals surface area (Å²) in [6.45, 7) is 2.83. The molecule has 2 aliphatic rings. The lowest BCUT2D eigenvalue weighted by Gasteiger charge is -2.25. The van der Waals surface area contributed by atoms with Gasteiger partial charge in [-0.25, -0.2) is 0 Å². The predicted octanol–water partition coefficient (Wildman–Crippen LogP) is 3.15. The van der Waals surface area contributed by atoms with E-state index in [1.807, 2.05) is 6.92 Å². The fraction of sp³-hybridized carbons (Fsp3) is 0.933. The summed E-state index contributed by atoms with van der Waals surface area (Å²) in [6.07, 6.45) is 11.3. The molecule has 2 fully saturated rings. The Kier molecular flexibility index (Phi) is 5.03. The minimum absolute atomic E-state index is 0.350. The standard InChI is InChI=1S/C15H26N2O/c1-15(12-16,17-13-8-9-13)10-5-11-18-14-6-3-2-4-7-14/h13-14,17H,2-11H2,1H3. The van der Waals surface area contributed by atoms with Crippen LogP contribution in [0.5, 0.6) is 0 Å². The smallest absolute Gasteiger partial charge is 0.104 e. The molecule has 0 heterocycles. The molecule has 0 amide bonds. The molecular formula is C15H26N2O. The molecule has 3 nitrogen and oxygen atoms in total. The molecule has 1 N–H and O–H groups in total. The van der Waals surface area contributed by atoms with Gasteiger partial charge in [-0.2, -0.15) is 5.26 Å². The second-order valence-corrected chi connectivity index (χ2v) is 6.10. The molecule has 0 aliphatic heterocycles. The Hall–Kier alpha value is -0.590. The van der Waals surface area contributed by atoms with Gasteiger partial charge >= 0.3 is 0 Å². The summed E-state index contributed by atoms with van der Waals surface area (Å²) in [6, 6.07) is 3.01. The van der Waals surface area contributed by atoms with E-state index >= 15 is 0 Å². The molecule has 2 aliphatic carbocycles. The number of nitrogens with one attached hydrogen (secondary N) is 1. The third-order valence-corrected chi connectivity index (χ3v) is 4.07. The van der Waals surface area contributed by atoms with Crippen LogP contribution < -0.4 is 5.32 Å². The maximum Gasteiger partial charge on any atom is 0.104 e. The van der Waals surface area contributed by atoms with Crippen molar-refractivity contribution < 1.29 is 4.74 Å². The lowest BCUT2D eigenvalue weighted by molar-refractivity contribution is 0.0248. The molecule has 2 saturated carbocycles. The zero-order valence-corrected chi connectivity index (χ0v) is 11.6. The molecule has 0 bridgehead atoms. The van der Waals surface area contributed by atoms with E-state index < -0.39 is 0 Å². The second-order valence-electron chi connectivity index (χ2n) is 6.10. The van der Waals surface area contributed by atoms with E-state index in [4.69, 9.17) is 4.74 Å². The number of hydrogen-bond acceptors (Lipinski definition) is 3. The molecule has 1 atom stereocenters. The predicted molar refractivity (Wildman–Crippen MR) is 72.2 cm³/mol. The molecule has 3 heteroatoms. The lowest BCUT2D eigenvalue weighted by Crippen LogP contribution is -2.42. The Bertz CT molecular complexity index is 289. The molecule has 0 aromatic rings. The summed E-state index contributed by atoms with van der Waals surface area (Å²) in [5, 5.41) is 12.7. The fourth-order valence-electron chi connectivity index (χ4n) is 2.75. The van der Waals surface area contributed by atoms with Crippen molar-refractivity contribution in [3.63, 3.8) is 0 Å². The first-order valence-electron chi connectivity index (χ1n) is 7.52. The van der Waals surface area contributed by atoms with Crippen molar-refractivity contribution in [1.82, 2.24) is 5.32 Å². The van der Waals surface area contributed by atoms with Crippen molar-refractivity contribution in [3.8, 4) is 6.07 Å². The van der Waals surface area contributed by atoms with Gasteiger partial charge in [0.05, 0.1) is 12.2 Å². The second kappa shape index (κ2) is 6.54. The van der Waals surface area contributed by atoms with Crippen molar-refractivity contribution in [3.05, 3.63) is 0 Å². The van der Waals surface area contributed by atoms with Crippen LogP contribution in [0.25, 0.3) is 0 Å². The van der Waals surface area contributed by atoms with Gasteiger partial charge in [0, 0.05) is 12.6 Å². The minimum Gasteiger partial charge on any atom is -0.378 e. The summed E-state index contributed by atoms with van der Waals surface area (Å²) in [4.78, 5) is 0. The maximum atomic E-state index is 9.26. The topological polar surface area (TPSA) is 45.0 Å². The average Bonchev–Trinajstić information content (AvgIpc) is 3.20. The number of rotatable bonds is 7. The molecule has 0 saturated heterocycles. The summed E-state index contributed by atoms with van der Waals surface area (Å²) in [5.41, 5.74) is -0.350. The van der Waals surface area contributed by atoms with E-state index in [1.54, 1.807) is 0 Å². The number of hydrogen-bond donors (Lipinski definition) is 1. The number of nitrogens with zero attached hydrogens (tertiary/aromatic N) is 1. The van der Waals surface area contributed by atoms with Gasteiger partial charge in [0.15, 0.2) is 0 Å². The van der Waals surface area contributed by atoms with Crippen LogP contribution in [0.2, 0.25) is 0 Å². The molecule has 18 heavy (non-hydrogen) atoms. The van der Waals surface area contributed by atoms with E-state index in [-0.39, 0.29) is 5.54 Å². The van der Waals surface area contributed by atoms with Crippen LogP contribution in [0.1, 0.15) is 64.7 Å². The quantitative estimate of drug-likeness (QED) is 0.706. The van der Waals surface area contributed by atoms with Crippen LogP contribution in [0.15, 0.2) is 0 Å². The van der Waals surface area contributed by atoms with Gasteiger partial charge in [0.1, 0.15) is 5.54 Å². The van der Waals surface area contributed by atoms with Crippen molar-refractivity contribution in [2.24, 2.45) is 0 Å². The van der Waals surface area contributed by atoms with Crippen molar-refractivity contribution >= 4 is 0 Å². The van der Waals surface area contributed by atoms with E-state index in [9.17, 15) is 5.26 Å². The Morgan fingerprint density at radius 2 is 1.94 bits per heavy atom. The largest absolute Gasteiger partial charge is 0.378 e. The Morgan fingerprint density at radius 1 is 1.22 bits per heavy atom. The van der Waals surface area contributed by atoms with Crippen molar-refractivity contribution in [2.75, 3.05) is 6.61 Å². The van der Waals surface area contributed by atoms with Crippen molar-refractivity contribution in [2.45, 2.75) is 82.4 Å². The van der Waals surface area contributed by atoms with Crippen molar-refractivity contribution in [1.29, 1.82) is 5.26 Å². The van der Waals surface area contributed by atoms with E-state index in [0.717, 1.165) is 19.4 Å². The molecule has 0 spiro atoms. The first-order chi connectivity index (χ1) is 8.72. The number of ether oxygens (including phenoxy) is 1. The molecule has 2 rings (SSSR count). The van der Waals surface area contributed by atoms with Gasteiger partial charge in [-0.05, 0) is 45.4 Å². The molecule has 0 aromatic heterocycles. The Morgan fingerprint density at radius 3 is 2.56 bits per heavy atom. The van der Waals surface area contributed by atoms with Crippen LogP contribution in [0, 0.1) is 11.3 Å². The van der Waals surface area contributed by atoms with Gasteiger partial charge in [-0.3, -0.25) is 5.32 Å². The minimum atomic E-state index is -0.350. The SMILES string of the molecule is CC(C#N)(CCCOC1CCCCC1)NC1CC1. The monoisotopic (exact) mass is 250 g/mol. The summed E-state index contributed by atoms with van der Waals surface area (Å²) < 4.78 is 5.91. The Labute approximate surface area is 111 Å². The summed E-state index contributed by atoms with van der Waals surface area (Å²) in [7, 11) is 0. The molecule has 102 valence electrons. The highest BCUT2D eigenvalue weighted by atomic mass is 16.5. The highest BCUT2D eigenvalue weighted by molar-refractivity contribution is 5.06. The summed E-state index contributed by atoms with van der Waals surface area (Å²) >= 11 is 0. The maximum absolute atomic E-state index is 9.26. The van der Waals surface area contributed by atoms with Gasteiger partial charge in [-0.1, -0.05) is 19.3 Å². The highest BCUT2D eigenvalue weighted by Crippen LogP contribution is 2.25. The zero-order valence-electron chi connectivity index (χ0n) is 11.6. The summed E-state index contributed by atoms with van der Waals surface area (Å²) in [5.74, 6) is 0. The van der Waals surface area contributed by atoms with E-state index in [1.165, 1.54) is 44.9 Å². The van der Waals surface area contributed by atoms with Crippen LogP contribution in [-0.2, 0) is 4.74 Å². The van der Waals surface area contributed by atoms with E-state index in [2.05, 4.69) is 11.4 Å².